The van der Waals surface area contributed by atoms with E-state index in [2.05, 4.69) is 21.1 Å². The quantitative estimate of drug-likeness (QED) is 0.509. The van der Waals surface area contributed by atoms with E-state index >= 15 is 0 Å². The smallest absolute Gasteiger partial charge is 0.228 e. The van der Waals surface area contributed by atoms with Gasteiger partial charge in [0.2, 0.25) is 5.91 Å². The molecule has 0 bridgehead atoms. The monoisotopic (exact) mass is 258 g/mol. The van der Waals surface area contributed by atoms with Crippen LogP contribution >= 0.6 is 0 Å². The fourth-order valence-corrected chi connectivity index (χ4v) is 2.31. The second kappa shape index (κ2) is 5.04. The van der Waals surface area contributed by atoms with Crippen LogP contribution in [0, 0.1) is 31.1 Å². The van der Waals surface area contributed by atoms with Crippen LogP contribution in [0.1, 0.15) is 23.2 Å². The summed E-state index contributed by atoms with van der Waals surface area (Å²) in [4.78, 5) is 19.4. The van der Waals surface area contributed by atoms with Crippen LogP contribution in [0.3, 0.4) is 0 Å². The van der Waals surface area contributed by atoms with Gasteiger partial charge in [-0.3, -0.25) is 9.69 Å². The number of carbonyl (C=O) groups is 1. The zero-order valence-electron chi connectivity index (χ0n) is 10.8. The molecule has 1 unspecified atom stereocenters. The Hall–Kier alpha value is -2.45. The van der Waals surface area contributed by atoms with Crippen molar-refractivity contribution in [3.63, 3.8) is 0 Å². The molecule has 0 aliphatic carbocycles. The molecule has 0 spiro atoms. The number of aromatic amines is 1. The van der Waals surface area contributed by atoms with Gasteiger partial charge < -0.3 is 4.98 Å². The first-order valence-electron chi connectivity index (χ1n) is 5.99. The maximum absolute atomic E-state index is 12.0. The van der Waals surface area contributed by atoms with Crippen LogP contribution in [-0.2, 0) is 4.79 Å². The topological polar surface area (TPSA) is 109 Å². The molecular weight excluding hydrogens is 244 g/mol. The summed E-state index contributed by atoms with van der Waals surface area (Å²) >= 11 is 0. The van der Waals surface area contributed by atoms with E-state index in [4.69, 9.17) is 5.53 Å². The SMILES string of the molecule is Cc1[nH]c(N2CC(CN=[N+]=[N-])CC2=O)c(C#N)c1C. The first-order chi connectivity index (χ1) is 9.08. The van der Waals surface area contributed by atoms with E-state index in [9.17, 15) is 10.1 Å². The Labute approximate surface area is 110 Å². The number of nitrogens with zero attached hydrogens (tertiary/aromatic N) is 5. The highest BCUT2D eigenvalue weighted by Crippen LogP contribution is 2.30. The molecule has 0 aromatic carbocycles. The summed E-state index contributed by atoms with van der Waals surface area (Å²) < 4.78 is 0. The number of aromatic nitrogens is 1. The highest BCUT2D eigenvalue weighted by atomic mass is 16.2. The highest BCUT2D eigenvalue weighted by molar-refractivity contribution is 5.96. The number of hydrogen-bond donors (Lipinski definition) is 1. The van der Waals surface area contributed by atoms with Crippen LogP contribution < -0.4 is 4.90 Å². The molecule has 19 heavy (non-hydrogen) atoms. The number of nitrogens with one attached hydrogen (secondary N) is 1. The molecule has 2 rings (SSSR count). The summed E-state index contributed by atoms with van der Waals surface area (Å²) in [5, 5.41) is 12.7. The molecule has 1 aromatic heterocycles. The zero-order valence-corrected chi connectivity index (χ0v) is 10.8. The fraction of sp³-hybridized carbons (Fsp3) is 0.500. The molecule has 1 aliphatic rings. The molecule has 0 saturated carbocycles. The van der Waals surface area contributed by atoms with E-state index in [-0.39, 0.29) is 11.8 Å². The third kappa shape index (κ3) is 2.26. The van der Waals surface area contributed by atoms with Gasteiger partial charge in [-0.25, -0.2) is 0 Å². The zero-order chi connectivity index (χ0) is 14.0. The largest absolute Gasteiger partial charge is 0.344 e. The molecule has 7 heteroatoms. The number of azide groups is 1. The summed E-state index contributed by atoms with van der Waals surface area (Å²) in [7, 11) is 0. The molecule has 7 nitrogen and oxygen atoms in total. The number of anilines is 1. The van der Waals surface area contributed by atoms with Crippen molar-refractivity contribution in [3.05, 3.63) is 27.3 Å². The Balaban J connectivity index is 2.28. The lowest BCUT2D eigenvalue weighted by atomic mass is 10.1. The van der Waals surface area contributed by atoms with E-state index in [0.29, 0.717) is 30.9 Å². The maximum Gasteiger partial charge on any atom is 0.228 e. The van der Waals surface area contributed by atoms with Crippen molar-refractivity contribution in [3.8, 4) is 6.07 Å². The lowest BCUT2D eigenvalue weighted by Gasteiger charge is -2.15. The van der Waals surface area contributed by atoms with E-state index in [1.54, 1.807) is 4.90 Å². The van der Waals surface area contributed by atoms with Crippen molar-refractivity contribution in [1.82, 2.24) is 4.98 Å². The van der Waals surface area contributed by atoms with Crippen molar-refractivity contribution in [1.29, 1.82) is 5.26 Å². The van der Waals surface area contributed by atoms with Gasteiger partial charge in [0.25, 0.3) is 0 Å². The van der Waals surface area contributed by atoms with Crippen molar-refractivity contribution < 1.29 is 4.79 Å². The Morgan fingerprint density at radius 2 is 2.37 bits per heavy atom. The van der Waals surface area contributed by atoms with Crippen LogP contribution in [0.25, 0.3) is 10.4 Å². The normalized spacial score (nSPS) is 18.3. The van der Waals surface area contributed by atoms with Gasteiger partial charge in [-0.1, -0.05) is 5.11 Å². The summed E-state index contributed by atoms with van der Waals surface area (Å²) in [6, 6.07) is 2.13. The van der Waals surface area contributed by atoms with Crippen molar-refractivity contribution in [2.75, 3.05) is 18.0 Å². The lowest BCUT2D eigenvalue weighted by molar-refractivity contribution is -0.117. The van der Waals surface area contributed by atoms with Gasteiger partial charge in [0, 0.05) is 30.1 Å². The summed E-state index contributed by atoms with van der Waals surface area (Å²) in [6.07, 6.45) is 0.348. The van der Waals surface area contributed by atoms with Crippen LogP contribution in [0.2, 0.25) is 0 Å². The van der Waals surface area contributed by atoms with Crippen LogP contribution in [0.4, 0.5) is 5.82 Å². The molecule has 1 amide bonds. The van der Waals surface area contributed by atoms with E-state index in [0.717, 1.165) is 11.3 Å². The molecule has 1 N–H and O–H groups in total. The van der Waals surface area contributed by atoms with E-state index in [1.807, 2.05) is 13.8 Å². The Morgan fingerprint density at radius 1 is 1.63 bits per heavy atom. The van der Waals surface area contributed by atoms with Crippen molar-refractivity contribution in [2.24, 2.45) is 11.0 Å². The van der Waals surface area contributed by atoms with Crippen molar-refractivity contribution >= 4 is 11.7 Å². The maximum atomic E-state index is 12.0. The van der Waals surface area contributed by atoms with Gasteiger partial charge in [0.05, 0.1) is 5.56 Å². The number of H-pyrrole nitrogens is 1. The minimum Gasteiger partial charge on any atom is -0.344 e. The summed E-state index contributed by atoms with van der Waals surface area (Å²) in [6.45, 7) is 4.51. The third-order valence-electron chi connectivity index (χ3n) is 3.47. The van der Waals surface area contributed by atoms with Gasteiger partial charge in [-0.05, 0) is 30.9 Å². The van der Waals surface area contributed by atoms with Crippen LogP contribution in [0.5, 0.6) is 0 Å². The number of carbonyl (C=O) groups excluding carboxylic acids is 1. The minimum absolute atomic E-state index is 0.0128. The van der Waals surface area contributed by atoms with Gasteiger partial charge >= 0.3 is 0 Å². The number of rotatable bonds is 3. The second-order valence-corrected chi connectivity index (χ2v) is 4.70. The molecule has 1 aromatic rings. The van der Waals surface area contributed by atoms with Crippen molar-refractivity contribution in [2.45, 2.75) is 20.3 Å². The van der Waals surface area contributed by atoms with E-state index < -0.39 is 0 Å². The molecule has 1 saturated heterocycles. The average molecular weight is 258 g/mol. The standard InChI is InChI=1S/C12H14N6O/c1-7-8(2)16-12(10(7)4-13)18-6-9(3-11(18)19)5-15-17-14/h9,16H,3,5-6H2,1-2H3. The molecule has 1 fully saturated rings. The van der Waals surface area contributed by atoms with Gasteiger partial charge in [0.1, 0.15) is 11.9 Å². The molecule has 2 heterocycles. The van der Waals surface area contributed by atoms with Crippen LogP contribution in [0.15, 0.2) is 5.11 Å². The second-order valence-electron chi connectivity index (χ2n) is 4.70. The first-order valence-corrected chi connectivity index (χ1v) is 5.99. The predicted octanol–water partition coefficient (Wildman–Crippen LogP) is 2.17. The average Bonchev–Trinajstić information content (AvgIpc) is 2.88. The van der Waals surface area contributed by atoms with Gasteiger partial charge in [-0.15, -0.1) is 0 Å². The highest BCUT2D eigenvalue weighted by Gasteiger charge is 2.33. The van der Waals surface area contributed by atoms with Gasteiger partial charge in [0.15, 0.2) is 0 Å². The van der Waals surface area contributed by atoms with Gasteiger partial charge in [-0.2, -0.15) is 5.26 Å². The first kappa shape index (κ1) is 13.0. The fourth-order valence-electron chi connectivity index (χ4n) is 2.31. The summed E-state index contributed by atoms with van der Waals surface area (Å²) in [5.41, 5.74) is 10.6. The molecule has 1 atom stereocenters. The predicted molar refractivity (Wildman–Crippen MR) is 69.5 cm³/mol. The Bertz CT molecular complexity index is 604. The Kier molecular flexibility index (Phi) is 3.45. The number of aryl methyl sites for hydroxylation is 1. The van der Waals surface area contributed by atoms with Crippen LogP contribution in [-0.4, -0.2) is 24.0 Å². The summed E-state index contributed by atoms with van der Waals surface area (Å²) in [5.74, 6) is 0.528. The number of hydrogen-bond acceptors (Lipinski definition) is 3. The molecular formula is C12H14N6O. The number of amides is 1. The Morgan fingerprint density at radius 3 is 3.00 bits per heavy atom. The molecule has 0 radical (unpaired) electrons. The van der Waals surface area contributed by atoms with E-state index in [1.165, 1.54) is 0 Å². The molecule has 1 aliphatic heterocycles. The molecule has 98 valence electrons. The number of nitriles is 1. The third-order valence-corrected chi connectivity index (χ3v) is 3.47. The lowest BCUT2D eigenvalue weighted by Crippen LogP contribution is -2.26. The minimum atomic E-state index is -0.0455.